The molecule has 10 nitrogen and oxygen atoms in total. The fourth-order valence-electron chi connectivity index (χ4n) is 4.95. The van der Waals surface area contributed by atoms with Gasteiger partial charge in [-0.05, 0) is 37.8 Å². The highest BCUT2D eigenvalue weighted by Crippen LogP contribution is 2.48. The number of carboxylic acids is 1. The molecule has 1 unspecified atom stereocenters. The second-order valence-corrected chi connectivity index (χ2v) is 8.51. The molecule has 3 aliphatic heterocycles. The topological polar surface area (TPSA) is 136 Å². The van der Waals surface area contributed by atoms with Gasteiger partial charge in [0.1, 0.15) is 12.3 Å². The van der Waals surface area contributed by atoms with E-state index in [2.05, 4.69) is 11.9 Å². The number of aliphatic hydroxyl groups excluding tert-OH is 1. The number of aliphatic hydroxyl groups is 1. The van der Waals surface area contributed by atoms with Crippen LogP contribution in [0.15, 0.2) is 23.9 Å². The Morgan fingerprint density at radius 2 is 2.06 bits per heavy atom. The lowest BCUT2D eigenvalue weighted by Crippen LogP contribution is -2.61. The molecule has 2 saturated heterocycles. The summed E-state index contributed by atoms with van der Waals surface area (Å²) in [5.74, 6) is -4.52. The largest absolute Gasteiger partial charge is 0.477 e. The highest BCUT2D eigenvalue weighted by atomic mass is 16.5. The molecule has 0 aliphatic carbocycles. The SMILES string of the molecule is C=CCOC(=O)C(C1=C(C(=O)O)N2C(=O)[C@H]([C@@H](C)O)[C@H]2C1)[C@@H]1CN[C@H](C(=O)N(C)C)C1. The van der Waals surface area contributed by atoms with Crippen LogP contribution in [0.3, 0.4) is 0 Å². The molecular formula is C21H29N3O7. The van der Waals surface area contributed by atoms with Crippen molar-refractivity contribution < 1.29 is 34.1 Å². The number of fused-ring (bicyclic) bond motifs is 1. The average molecular weight is 435 g/mol. The van der Waals surface area contributed by atoms with E-state index >= 15 is 0 Å². The third-order valence-corrected chi connectivity index (χ3v) is 6.31. The Morgan fingerprint density at radius 1 is 1.39 bits per heavy atom. The van der Waals surface area contributed by atoms with E-state index in [1.54, 1.807) is 14.1 Å². The first-order valence-corrected chi connectivity index (χ1v) is 10.3. The molecule has 0 radical (unpaired) electrons. The van der Waals surface area contributed by atoms with Crippen LogP contribution >= 0.6 is 0 Å². The Labute approximate surface area is 180 Å². The predicted octanol–water partition coefficient (Wildman–Crippen LogP) is -0.652. The van der Waals surface area contributed by atoms with Gasteiger partial charge in [-0.25, -0.2) is 4.79 Å². The lowest BCUT2D eigenvalue weighted by molar-refractivity contribution is -0.161. The molecule has 3 rings (SSSR count). The molecule has 0 aromatic heterocycles. The Balaban J connectivity index is 1.95. The van der Waals surface area contributed by atoms with Gasteiger partial charge in [-0.1, -0.05) is 12.7 Å². The molecule has 10 heteroatoms. The van der Waals surface area contributed by atoms with E-state index in [9.17, 15) is 29.4 Å². The van der Waals surface area contributed by atoms with Crippen LogP contribution in [0, 0.1) is 17.8 Å². The van der Waals surface area contributed by atoms with Crippen LogP contribution in [0.1, 0.15) is 19.8 Å². The van der Waals surface area contributed by atoms with Gasteiger partial charge in [-0.15, -0.1) is 0 Å². The van der Waals surface area contributed by atoms with Crippen LogP contribution in [0.2, 0.25) is 0 Å². The van der Waals surface area contributed by atoms with Gasteiger partial charge in [0.2, 0.25) is 11.8 Å². The van der Waals surface area contributed by atoms with E-state index in [1.807, 2.05) is 0 Å². The van der Waals surface area contributed by atoms with E-state index in [1.165, 1.54) is 22.8 Å². The van der Waals surface area contributed by atoms with Gasteiger partial charge in [-0.3, -0.25) is 14.4 Å². The molecule has 6 atom stereocenters. The Hall–Kier alpha value is -2.72. The number of hydrogen-bond donors (Lipinski definition) is 3. The summed E-state index contributed by atoms with van der Waals surface area (Å²) < 4.78 is 5.28. The zero-order chi connectivity index (χ0) is 23.0. The quantitative estimate of drug-likeness (QED) is 0.260. The van der Waals surface area contributed by atoms with Crippen molar-refractivity contribution in [1.29, 1.82) is 0 Å². The van der Waals surface area contributed by atoms with Crippen molar-refractivity contribution in [3.63, 3.8) is 0 Å². The highest BCUT2D eigenvalue weighted by Gasteiger charge is 2.59. The summed E-state index contributed by atoms with van der Waals surface area (Å²) in [5.41, 5.74) is 0.0997. The summed E-state index contributed by atoms with van der Waals surface area (Å²) in [7, 11) is 3.28. The minimum atomic E-state index is -1.30. The predicted molar refractivity (Wildman–Crippen MR) is 108 cm³/mol. The minimum absolute atomic E-state index is 0.0341. The first kappa shape index (κ1) is 23.0. The molecule has 0 aromatic carbocycles. The van der Waals surface area contributed by atoms with Crippen molar-refractivity contribution in [1.82, 2.24) is 15.1 Å². The second-order valence-electron chi connectivity index (χ2n) is 8.51. The normalized spacial score (nSPS) is 29.2. The van der Waals surface area contributed by atoms with Crippen molar-refractivity contribution >= 4 is 23.8 Å². The van der Waals surface area contributed by atoms with Crippen LogP contribution in [0.25, 0.3) is 0 Å². The van der Waals surface area contributed by atoms with Crippen molar-refractivity contribution in [3.05, 3.63) is 23.9 Å². The smallest absolute Gasteiger partial charge is 0.352 e. The van der Waals surface area contributed by atoms with E-state index in [4.69, 9.17) is 4.74 Å². The van der Waals surface area contributed by atoms with Gasteiger partial charge in [0.05, 0.1) is 30.0 Å². The third-order valence-electron chi connectivity index (χ3n) is 6.31. The fourth-order valence-corrected chi connectivity index (χ4v) is 4.95. The molecule has 31 heavy (non-hydrogen) atoms. The number of esters is 1. The molecule has 3 aliphatic rings. The third kappa shape index (κ3) is 3.97. The van der Waals surface area contributed by atoms with Crippen molar-refractivity contribution in [2.24, 2.45) is 17.8 Å². The van der Waals surface area contributed by atoms with Crippen LogP contribution < -0.4 is 5.32 Å². The van der Waals surface area contributed by atoms with Crippen LogP contribution in [0.5, 0.6) is 0 Å². The van der Waals surface area contributed by atoms with Gasteiger partial charge in [0.15, 0.2) is 0 Å². The number of likely N-dealkylation sites (N-methyl/N-ethyl adjacent to an activating group) is 1. The summed E-state index contributed by atoms with van der Waals surface area (Å²) in [6.07, 6.45) is 0.991. The molecule has 170 valence electrons. The van der Waals surface area contributed by atoms with Gasteiger partial charge in [0, 0.05) is 14.1 Å². The van der Waals surface area contributed by atoms with E-state index in [0.717, 1.165) is 0 Å². The Bertz CT molecular complexity index is 835. The number of amides is 2. The number of nitrogens with zero attached hydrogens (tertiary/aromatic N) is 2. The van der Waals surface area contributed by atoms with Crippen molar-refractivity contribution in [2.45, 2.75) is 38.0 Å². The molecular weight excluding hydrogens is 406 g/mol. The van der Waals surface area contributed by atoms with Crippen LogP contribution in [0.4, 0.5) is 0 Å². The fraction of sp³-hybridized carbons (Fsp3) is 0.619. The van der Waals surface area contributed by atoms with Crippen molar-refractivity contribution in [3.8, 4) is 0 Å². The number of rotatable bonds is 8. The number of nitrogens with one attached hydrogen (secondary N) is 1. The van der Waals surface area contributed by atoms with Crippen LogP contribution in [-0.2, 0) is 23.9 Å². The molecule has 0 spiro atoms. The monoisotopic (exact) mass is 435 g/mol. The van der Waals surface area contributed by atoms with Gasteiger partial charge < -0.3 is 30.1 Å². The number of carbonyl (C=O) groups excluding carboxylic acids is 3. The molecule has 0 saturated carbocycles. The minimum Gasteiger partial charge on any atom is -0.477 e. The number of hydrogen-bond acceptors (Lipinski definition) is 7. The number of ether oxygens (including phenoxy) is 1. The first-order chi connectivity index (χ1) is 14.6. The number of β-lactam (4-membered cyclic amide) rings is 1. The van der Waals surface area contributed by atoms with E-state index < -0.39 is 47.9 Å². The summed E-state index contributed by atoms with van der Waals surface area (Å²) in [6, 6.07) is -0.995. The lowest BCUT2D eigenvalue weighted by atomic mass is 9.78. The summed E-state index contributed by atoms with van der Waals surface area (Å²) in [5, 5.41) is 22.9. The van der Waals surface area contributed by atoms with Gasteiger partial charge in [0.25, 0.3) is 0 Å². The second kappa shape index (κ2) is 8.80. The zero-order valence-corrected chi connectivity index (χ0v) is 17.9. The molecule has 2 fully saturated rings. The Morgan fingerprint density at radius 3 is 2.61 bits per heavy atom. The summed E-state index contributed by atoms with van der Waals surface area (Å²) >= 11 is 0. The highest BCUT2D eigenvalue weighted by molar-refractivity contribution is 6.00. The zero-order valence-electron chi connectivity index (χ0n) is 17.9. The first-order valence-electron chi connectivity index (χ1n) is 10.3. The molecule has 0 aromatic rings. The van der Waals surface area contributed by atoms with Crippen LogP contribution in [-0.4, -0.2) is 89.2 Å². The average Bonchev–Trinajstić information content (AvgIpc) is 3.29. The van der Waals surface area contributed by atoms with Gasteiger partial charge in [-0.2, -0.15) is 0 Å². The number of carbonyl (C=O) groups is 4. The molecule has 2 amide bonds. The molecule has 0 bridgehead atoms. The maximum Gasteiger partial charge on any atom is 0.352 e. The molecule has 3 N–H and O–H groups in total. The molecule has 3 heterocycles. The number of aliphatic carboxylic acids is 1. The Kier molecular flexibility index (Phi) is 6.51. The summed E-state index contributed by atoms with van der Waals surface area (Å²) in [4.78, 5) is 52.6. The lowest BCUT2D eigenvalue weighted by Gasteiger charge is -2.44. The maximum atomic E-state index is 13.0. The maximum absolute atomic E-state index is 13.0. The van der Waals surface area contributed by atoms with Gasteiger partial charge >= 0.3 is 11.9 Å². The van der Waals surface area contributed by atoms with E-state index in [0.29, 0.717) is 18.5 Å². The van der Waals surface area contributed by atoms with E-state index in [-0.39, 0.29) is 30.5 Å². The standard InChI is InChI=1S/C21H29N3O7/c1-5-6-31-21(30)16(11-7-13(22-9-11)18(26)23(3)4)12-8-14-15(10(2)25)19(27)24(14)17(12)20(28)29/h5,10-11,13-16,22,25H,1,6-9H2,2-4H3,(H,28,29)/t10-,11+,13+,14-,15-,16?/m1/s1. The summed E-state index contributed by atoms with van der Waals surface area (Å²) in [6.45, 7) is 5.32. The number of carboxylic acid groups (broad SMARTS) is 1. The van der Waals surface area contributed by atoms with Crippen molar-refractivity contribution in [2.75, 3.05) is 27.2 Å².